The van der Waals surface area contributed by atoms with Crippen LogP contribution in [0.2, 0.25) is 0 Å². The van der Waals surface area contributed by atoms with Crippen molar-refractivity contribution in [1.82, 2.24) is 19.7 Å². The molecule has 0 unspecified atom stereocenters. The summed E-state index contributed by atoms with van der Waals surface area (Å²) in [5.74, 6) is -1.05. The van der Waals surface area contributed by atoms with E-state index in [1.165, 1.54) is 4.68 Å². The number of rotatable bonds is 3. The highest BCUT2D eigenvalue weighted by Crippen LogP contribution is 2.31. The molecule has 0 amide bonds. The molecule has 0 saturated carbocycles. The first kappa shape index (κ1) is 16.7. The molecule has 1 N–H and O–H groups in total. The van der Waals surface area contributed by atoms with Gasteiger partial charge in [0.1, 0.15) is 0 Å². The second-order valence-electron chi connectivity index (χ2n) is 5.64. The number of para-hydroxylation sites is 1. The number of aromatic nitrogens is 4. The highest BCUT2D eigenvalue weighted by molar-refractivity contribution is 7.98. The highest BCUT2D eigenvalue weighted by Gasteiger charge is 2.37. The van der Waals surface area contributed by atoms with E-state index >= 15 is 0 Å². The molecule has 8 heteroatoms. The predicted octanol–water partition coefficient (Wildman–Crippen LogP) is 5.16. The van der Waals surface area contributed by atoms with Gasteiger partial charge in [0.25, 0.3) is 5.82 Å². The molecule has 132 valence electrons. The van der Waals surface area contributed by atoms with Gasteiger partial charge in [0.2, 0.25) is 0 Å². The topological polar surface area (TPSA) is 46.5 Å². The van der Waals surface area contributed by atoms with Gasteiger partial charge in [-0.25, -0.2) is 9.67 Å². The number of benzene rings is 2. The summed E-state index contributed by atoms with van der Waals surface area (Å²) in [6, 6.07) is 16.4. The lowest BCUT2D eigenvalue weighted by atomic mass is 10.2. The summed E-state index contributed by atoms with van der Waals surface area (Å²) in [5.41, 5.74) is 1.81. The third kappa shape index (κ3) is 2.96. The van der Waals surface area contributed by atoms with Crippen LogP contribution in [0.25, 0.3) is 28.1 Å². The van der Waals surface area contributed by atoms with Crippen LogP contribution < -0.4 is 0 Å². The van der Waals surface area contributed by atoms with Crippen molar-refractivity contribution in [2.75, 3.05) is 6.26 Å². The Labute approximate surface area is 151 Å². The maximum absolute atomic E-state index is 13.2. The van der Waals surface area contributed by atoms with E-state index in [1.807, 2.05) is 42.7 Å². The lowest BCUT2D eigenvalue weighted by Crippen LogP contribution is -2.08. The van der Waals surface area contributed by atoms with Gasteiger partial charge in [0.15, 0.2) is 5.82 Å². The van der Waals surface area contributed by atoms with Gasteiger partial charge >= 0.3 is 6.18 Å². The molecule has 0 aliphatic carbocycles. The van der Waals surface area contributed by atoms with Crippen LogP contribution in [-0.4, -0.2) is 26.0 Å². The van der Waals surface area contributed by atoms with Gasteiger partial charge in [0.05, 0.1) is 11.4 Å². The molecule has 2 heterocycles. The van der Waals surface area contributed by atoms with Gasteiger partial charge in [0, 0.05) is 15.8 Å². The monoisotopic (exact) mass is 374 g/mol. The minimum atomic E-state index is -4.62. The number of nitrogens with zero attached hydrogens (tertiary/aromatic N) is 3. The molecule has 0 bridgehead atoms. The Balaban J connectivity index is 1.90. The van der Waals surface area contributed by atoms with Gasteiger partial charge in [-0.3, -0.25) is 0 Å². The van der Waals surface area contributed by atoms with Crippen LogP contribution in [0.5, 0.6) is 0 Å². The van der Waals surface area contributed by atoms with E-state index < -0.39 is 12.0 Å². The number of nitrogens with one attached hydrogen (secondary N) is 1. The fraction of sp³-hybridized carbons (Fsp3) is 0.111. The molecular formula is C18H13F3N4S. The van der Waals surface area contributed by atoms with Gasteiger partial charge in [-0.05, 0) is 42.7 Å². The molecule has 2 aromatic carbocycles. The van der Waals surface area contributed by atoms with Gasteiger partial charge in [-0.1, -0.05) is 18.2 Å². The van der Waals surface area contributed by atoms with Crippen LogP contribution in [0.3, 0.4) is 0 Å². The van der Waals surface area contributed by atoms with Crippen molar-refractivity contribution < 1.29 is 13.2 Å². The fourth-order valence-corrected chi connectivity index (χ4v) is 3.11. The van der Waals surface area contributed by atoms with E-state index in [0.29, 0.717) is 11.4 Å². The summed E-state index contributed by atoms with van der Waals surface area (Å²) >= 11 is 1.55. The van der Waals surface area contributed by atoms with E-state index in [1.54, 1.807) is 30.0 Å². The van der Waals surface area contributed by atoms with Crippen LogP contribution in [0.15, 0.2) is 59.5 Å². The Morgan fingerprint density at radius 3 is 2.42 bits per heavy atom. The average molecular weight is 374 g/mol. The smallest absolute Gasteiger partial charge is 0.352 e. The summed E-state index contributed by atoms with van der Waals surface area (Å²) in [5, 5.41) is 4.60. The number of fused-ring (bicyclic) bond motifs is 1. The van der Waals surface area contributed by atoms with E-state index in [-0.39, 0.29) is 5.82 Å². The second kappa shape index (κ2) is 6.21. The Kier molecular flexibility index (Phi) is 3.99. The molecule has 0 aliphatic rings. The van der Waals surface area contributed by atoms with E-state index in [2.05, 4.69) is 15.1 Å². The Morgan fingerprint density at radius 1 is 1.04 bits per heavy atom. The molecule has 0 fully saturated rings. The summed E-state index contributed by atoms with van der Waals surface area (Å²) in [4.78, 5) is 7.88. The van der Waals surface area contributed by atoms with E-state index in [0.717, 1.165) is 15.8 Å². The van der Waals surface area contributed by atoms with Gasteiger partial charge < -0.3 is 4.98 Å². The molecule has 0 radical (unpaired) electrons. The number of hydrogen-bond donors (Lipinski definition) is 1. The molecule has 26 heavy (non-hydrogen) atoms. The molecule has 0 saturated heterocycles. The van der Waals surface area contributed by atoms with Crippen molar-refractivity contribution in [3.8, 4) is 17.2 Å². The van der Waals surface area contributed by atoms with Crippen LogP contribution in [0, 0.1) is 0 Å². The van der Waals surface area contributed by atoms with Crippen molar-refractivity contribution in [1.29, 1.82) is 0 Å². The summed E-state index contributed by atoms with van der Waals surface area (Å²) in [6.07, 6.45) is -2.69. The zero-order chi connectivity index (χ0) is 18.3. The zero-order valence-corrected chi connectivity index (χ0v) is 14.4. The standard InChI is InChI=1S/C18H13F3N4S/c1-26-13-8-6-12(7-9-13)25-16(23-17(24-25)18(19,20)21)15-10-11-4-2-3-5-14(11)22-15/h2-10,22H,1H3. The minimum absolute atomic E-state index is 0.116. The first-order valence-electron chi connectivity index (χ1n) is 7.72. The molecule has 4 rings (SSSR count). The number of alkyl halides is 3. The first-order chi connectivity index (χ1) is 12.5. The summed E-state index contributed by atoms with van der Waals surface area (Å²) in [6.45, 7) is 0. The number of aromatic amines is 1. The normalized spacial score (nSPS) is 12.0. The molecule has 0 spiro atoms. The van der Waals surface area contributed by atoms with E-state index in [9.17, 15) is 13.2 Å². The molecule has 4 nitrogen and oxygen atoms in total. The van der Waals surface area contributed by atoms with Crippen LogP contribution in [-0.2, 0) is 6.18 Å². The highest BCUT2D eigenvalue weighted by atomic mass is 32.2. The largest absolute Gasteiger partial charge is 0.453 e. The lowest BCUT2D eigenvalue weighted by Gasteiger charge is -2.05. The van der Waals surface area contributed by atoms with Crippen LogP contribution in [0.1, 0.15) is 5.82 Å². The Morgan fingerprint density at radius 2 is 1.77 bits per heavy atom. The molecule has 4 aromatic rings. The molecule has 0 atom stereocenters. The van der Waals surface area contributed by atoms with Crippen LogP contribution >= 0.6 is 11.8 Å². The molecular weight excluding hydrogens is 361 g/mol. The summed E-state index contributed by atoms with van der Waals surface area (Å²) < 4.78 is 40.8. The predicted molar refractivity (Wildman–Crippen MR) is 95.4 cm³/mol. The Hall–Kier alpha value is -2.74. The average Bonchev–Trinajstić information content (AvgIpc) is 3.25. The quantitative estimate of drug-likeness (QED) is 0.504. The first-order valence-corrected chi connectivity index (χ1v) is 8.95. The maximum Gasteiger partial charge on any atom is 0.453 e. The Bertz CT molecular complexity index is 1030. The fourth-order valence-electron chi connectivity index (χ4n) is 2.70. The number of H-pyrrole nitrogens is 1. The van der Waals surface area contributed by atoms with Crippen molar-refractivity contribution in [3.05, 3.63) is 60.4 Å². The summed E-state index contributed by atoms with van der Waals surface area (Å²) in [7, 11) is 0. The van der Waals surface area contributed by atoms with Crippen molar-refractivity contribution >= 4 is 22.7 Å². The molecule has 0 aliphatic heterocycles. The number of thioether (sulfide) groups is 1. The minimum Gasteiger partial charge on any atom is -0.352 e. The number of halogens is 3. The van der Waals surface area contributed by atoms with Gasteiger partial charge in [-0.2, -0.15) is 13.2 Å². The van der Waals surface area contributed by atoms with E-state index in [4.69, 9.17) is 0 Å². The van der Waals surface area contributed by atoms with Crippen molar-refractivity contribution in [2.24, 2.45) is 0 Å². The van der Waals surface area contributed by atoms with Gasteiger partial charge in [-0.15, -0.1) is 16.9 Å². The van der Waals surface area contributed by atoms with Crippen molar-refractivity contribution in [2.45, 2.75) is 11.1 Å². The lowest BCUT2D eigenvalue weighted by molar-refractivity contribution is -0.144. The SMILES string of the molecule is CSc1ccc(-n2nc(C(F)(F)F)nc2-c2cc3ccccc3[nH]2)cc1. The van der Waals surface area contributed by atoms with Crippen molar-refractivity contribution in [3.63, 3.8) is 0 Å². The molecule has 2 aromatic heterocycles. The third-order valence-corrected chi connectivity index (χ3v) is 4.69. The zero-order valence-electron chi connectivity index (χ0n) is 13.6. The number of hydrogen-bond acceptors (Lipinski definition) is 3. The third-order valence-electron chi connectivity index (χ3n) is 3.95. The van der Waals surface area contributed by atoms with Crippen LogP contribution in [0.4, 0.5) is 13.2 Å². The second-order valence-corrected chi connectivity index (χ2v) is 6.52. The maximum atomic E-state index is 13.2.